The second kappa shape index (κ2) is 11.2. The van der Waals surface area contributed by atoms with Crippen LogP contribution in [0, 0.1) is 17.2 Å². The molecular formula is C28H32F6N2. The fourth-order valence-electron chi connectivity index (χ4n) is 5.23. The fourth-order valence-corrected chi connectivity index (χ4v) is 5.23. The molecule has 0 spiro atoms. The van der Waals surface area contributed by atoms with Gasteiger partial charge in [0.15, 0.2) is 0 Å². The Bertz CT molecular complexity index is 1040. The van der Waals surface area contributed by atoms with Gasteiger partial charge in [-0.2, -0.15) is 31.6 Å². The van der Waals surface area contributed by atoms with E-state index < -0.39 is 28.9 Å². The molecule has 0 aliphatic heterocycles. The average Bonchev–Trinajstić information content (AvgIpc) is 2.80. The molecule has 0 heterocycles. The van der Waals surface area contributed by atoms with E-state index in [9.17, 15) is 31.6 Å². The molecule has 0 aromatic heterocycles. The van der Waals surface area contributed by atoms with Crippen molar-refractivity contribution < 1.29 is 26.3 Å². The van der Waals surface area contributed by atoms with E-state index in [1.807, 2.05) is 32.0 Å². The van der Waals surface area contributed by atoms with E-state index in [2.05, 4.69) is 23.1 Å². The second-order valence-electron chi connectivity index (χ2n) is 9.72. The molecule has 0 radical (unpaired) electrons. The van der Waals surface area contributed by atoms with E-state index in [0.717, 1.165) is 32.0 Å². The molecule has 1 saturated carbocycles. The maximum atomic E-state index is 13.6. The smallest absolute Gasteiger partial charge is 0.301 e. The van der Waals surface area contributed by atoms with Crippen molar-refractivity contribution >= 4 is 0 Å². The van der Waals surface area contributed by atoms with E-state index in [1.54, 1.807) is 0 Å². The maximum Gasteiger partial charge on any atom is 0.417 e. The largest absolute Gasteiger partial charge is 0.417 e. The molecular weight excluding hydrogens is 478 g/mol. The third-order valence-corrected chi connectivity index (χ3v) is 7.66. The Morgan fingerprint density at radius 3 is 2.11 bits per heavy atom. The van der Waals surface area contributed by atoms with Gasteiger partial charge >= 0.3 is 12.4 Å². The van der Waals surface area contributed by atoms with Crippen LogP contribution in [0.3, 0.4) is 0 Å². The summed E-state index contributed by atoms with van der Waals surface area (Å²) in [5.74, 6) is -0.174. The molecule has 2 aromatic carbocycles. The first kappa shape index (κ1) is 28.0. The van der Waals surface area contributed by atoms with Crippen molar-refractivity contribution in [1.29, 1.82) is 5.26 Å². The van der Waals surface area contributed by atoms with Crippen LogP contribution in [0.15, 0.2) is 48.5 Å². The van der Waals surface area contributed by atoms with E-state index in [-0.39, 0.29) is 17.5 Å². The normalized spacial score (nSPS) is 17.3. The lowest BCUT2D eigenvalue weighted by atomic mass is 9.60. The minimum atomic E-state index is -5.18. The number of hydrogen-bond acceptors (Lipinski definition) is 2. The van der Waals surface area contributed by atoms with Crippen LogP contribution in [-0.2, 0) is 24.2 Å². The van der Waals surface area contributed by atoms with Crippen LogP contribution in [0.1, 0.15) is 68.2 Å². The lowest BCUT2D eigenvalue weighted by molar-refractivity contribution is -0.162. The zero-order valence-electron chi connectivity index (χ0n) is 20.6. The Balaban J connectivity index is 1.86. The zero-order chi connectivity index (χ0) is 26.6. The predicted octanol–water partition coefficient (Wildman–Crippen LogP) is 8.02. The standard InChI is InChI=1S/C28H32F6N2/c1-3-36(17-15-21-8-5-4-6-9-21)20(2)14-16-26(19-35,22-10-7-11-22)23-12-13-24(27(29,30)31)25(18-23)28(32,33)34/h4-6,8-9,12-13,18,20,22H,3,7,10-11,14-17H2,1-2H3. The summed E-state index contributed by atoms with van der Waals surface area (Å²) in [5, 5.41) is 10.3. The first-order valence-electron chi connectivity index (χ1n) is 12.4. The first-order chi connectivity index (χ1) is 16.9. The molecule has 1 aliphatic rings. The van der Waals surface area contributed by atoms with Gasteiger partial charge in [-0.15, -0.1) is 0 Å². The summed E-state index contributed by atoms with van der Waals surface area (Å²) in [5.41, 5.74) is -3.46. The van der Waals surface area contributed by atoms with Crippen molar-refractivity contribution in [1.82, 2.24) is 4.90 Å². The highest BCUT2D eigenvalue weighted by atomic mass is 19.4. The van der Waals surface area contributed by atoms with E-state index in [0.29, 0.717) is 37.8 Å². The number of nitrogens with zero attached hydrogens (tertiary/aromatic N) is 2. The van der Waals surface area contributed by atoms with Crippen molar-refractivity contribution in [3.63, 3.8) is 0 Å². The summed E-state index contributed by atoms with van der Waals surface area (Å²) in [4.78, 5) is 2.27. The second-order valence-corrected chi connectivity index (χ2v) is 9.72. The Hall–Kier alpha value is -2.53. The van der Waals surface area contributed by atoms with Gasteiger partial charge < -0.3 is 4.90 Å². The number of halogens is 6. The van der Waals surface area contributed by atoms with Gasteiger partial charge in [0, 0.05) is 12.6 Å². The monoisotopic (exact) mass is 510 g/mol. The fraction of sp³-hybridized carbons (Fsp3) is 0.536. The molecule has 8 heteroatoms. The average molecular weight is 511 g/mol. The molecule has 36 heavy (non-hydrogen) atoms. The summed E-state index contributed by atoms with van der Waals surface area (Å²) in [6, 6.07) is 14.5. The van der Waals surface area contributed by atoms with Gasteiger partial charge in [0.25, 0.3) is 0 Å². The highest BCUT2D eigenvalue weighted by Crippen LogP contribution is 2.49. The van der Waals surface area contributed by atoms with Crippen LogP contribution < -0.4 is 0 Å². The predicted molar refractivity (Wildman–Crippen MR) is 127 cm³/mol. The zero-order valence-corrected chi connectivity index (χ0v) is 20.6. The third kappa shape index (κ3) is 6.23. The van der Waals surface area contributed by atoms with E-state index in [1.165, 1.54) is 5.56 Å². The van der Waals surface area contributed by atoms with Crippen LogP contribution >= 0.6 is 0 Å². The lowest BCUT2D eigenvalue weighted by Gasteiger charge is -2.42. The highest BCUT2D eigenvalue weighted by molar-refractivity contribution is 5.43. The Morgan fingerprint density at radius 2 is 1.61 bits per heavy atom. The quantitative estimate of drug-likeness (QED) is 0.303. The van der Waals surface area contributed by atoms with Crippen molar-refractivity contribution in [3.8, 4) is 6.07 Å². The Kier molecular flexibility index (Phi) is 8.76. The van der Waals surface area contributed by atoms with Crippen LogP contribution in [0.2, 0.25) is 0 Å². The summed E-state index contributed by atoms with van der Waals surface area (Å²) in [6.45, 7) is 5.64. The van der Waals surface area contributed by atoms with Crippen LogP contribution in [-0.4, -0.2) is 24.0 Å². The minimum absolute atomic E-state index is 0.0366. The number of likely N-dealkylation sites (N-methyl/N-ethyl adjacent to an activating group) is 1. The molecule has 1 fully saturated rings. The molecule has 2 unspecified atom stereocenters. The summed E-state index contributed by atoms with van der Waals surface area (Å²) >= 11 is 0. The third-order valence-electron chi connectivity index (χ3n) is 7.66. The van der Waals surface area contributed by atoms with Crippen molar-refractivity contribution in [2.75, 3.05) is 13.1 Å². The molecule has 0 bridgehead atoms. The molecule has 196 valence electrons. The molecule has 0 N–H and O–H groups in total. The molecule has 3 rings (SSSR count). The first-order valence-corrected chi connectivity index (χ1v) is 12.4. The van der Waals surface area contributed by atoms with Crippen molar-refractivity contribution in [2.45, 2.75) is 76.2 Å². The maximum absolute atomic E-state index is 13.6. The van der Waals surface area contributed by atoms with Gasteiger partial charge in [0.2, 0.25) is 0 Å². The molecule has 0 saturated heterocycles. The molecule has 1 aliphatic carbocycles. The van der Waals surface area contributed by atoms with Crippen LogP contribution in [0.5, 0.6) is 0 Å². The molecule has 2 atom stereocenters. The Labute approximate surface area is 208 Å². The van der Waals surface area contributed by atoms with Gasteiger partial charge in [-0.25, -0.2) is 0 Å². The lowest BCUT2D eigenvalue weighted by Crippen LogP contribution is -2.41. The molecule has 2 nitrogen and oxygen atoms in total. The van der Waals surface area contributed by atoms with Gasteiger partial charge in [-0.05, 0) is 74.8 Å². The summed E-state index contributed by atoms with van der Waals surface area (Å²) < 4.78 is 80.9. The van der Waals surface area contributed by atoms with Crippen LogP contribution in [0.25, 0.3) is 0 Å². The molecule has 0 amide bonds. The molecule has 2 aromatic rings. The SMILES string of the molecule is CCN(CCc1ccccc1)C(C)CCC(C#N)(c1ccc(C(F)(F)F)c(C(F)(F)F)c1)C1CCC1. The van der Waals surface area contributed by atoms with Gasteiger partial charge in [-0.1, -0.05) is 49.7 Å². The summed E-state index contributed by atoms with van der Waals surface area (Å²) in [7, 11) is 0. The van der Waals surface area contributed by atoms with E-state index >= 15 is 0 Å². The van der Waals surface area contributed by atoms with Gasteiger partial charge in [0.1, 0.15) is 0 Å². The minimum Gasteiger partial charge on any atom is -0.301 e. The Morgan fingerprint density at radius 1 is 0.972 bits per heavy atom. The van der Waals surface area contributed by atoms with Gasteiger partial charge in [-0.3, -0.25) is 0 Å². The highest BCUT2D eigenvalue weighted by Gasteiger charge is 2.48. The number of benzene rings is 2. The number of rotatable bonds is 10. The summed E-state index contributed by atoms with van der Waals surface area (Å²) in [6.07, 6.45) is -6.41. The number of hydrogen-bond donors (Lipinski definition) is 0. The number of nitriles is 1. The van der Waals surface area contributed by atoms with E-state index in [4.69, 9.17) is 0 Å². The van der Waals surface area contributed by atoms with Crippen molar-refractivity contribution in [2.24, 2.45) is 5.92 Å². The van der Waals surface area contributed by atoms with Gasteiger partial charge in [0.05, 0.1) is 22.6 Å². The van der Waals surface area contributed by atoms with Crippen molar-refractivity contribution in [3.05, 3.63) is 70.8 Å². The number of alkyl halides is 6. The topological polar surface area (TPSA) is 27.0 Å². The van der Waals surface area contributed by atoms with Crippen LogP contribution in [0.4, 0.5) is 26.3 Å².